The van der Waals surface area contributed by atoms with E-state index in [0.717, 1.165) is 0 Å². The lowest BCUT2D eigenvalue weighted by Crippen LogP contribution is -2.48. The van der Waals surface area contributed by atoms with Crippen molar-refractivity contribution in [1.29, 1.82) is 0 Å². The van der Waals surface area contributed by atoms with Gasteiger partial charge in [0.25, 0.3) is 0 Å². The van der Waals surface area contributed by atoms with Gasteiger partial charge in [0.1, 0.15) is 5.60 Å². The molecule has 0 bridgehead atoms. The van der Waals surface area contributed by atoms with Crippen molar-refractivity contribution in [3.8, 4) is 0 Å². The van der Waals surface area contributed by atoms with E-state index in [4.69, 9.17) is 4.74 Å². The number of alkyl carbamates (subject to hydrolysis) is 1. The highest BCUT2D eigenvalue weighted by atomic mass is 16.6. The third-order valence-electron chi connectivity index (χ3n) is 4.14. The molecule has 1 aliphatic carbocycles. The van der Waals surface area contributed by atoms with Gasteiger partial charge in [-0.2, -0.15) is 0 Å². The summed E-state index contributed by atoms with van der Waals surface area (Å²) >= 11 is 0. The second-order valence-electron chi connectivity index (χ2n) is 8.23. The van der Waals surface area contributed by atoms with E-state index >= 15 is 0 Å². The summed E-state index contributed by atoms with van der Waals surface area (Å²) in [5, 5.41) is 6.73. The fraction of sp³-hybridized carbons (Fsp3) is 0.944. The Labute approximate surface area is 136 Å². The van der Waals surface area contributed by atoms with Crippen LogP contribution in [-0.4, -0.2) is 30.3 Å². The molecule has 130 valence electrons. The number of ether oxygens (including phenoxy) is 1. The molecule has 0 heterocycles. The van der Waals surface area contributed by atoms with Crippen LogP contribution in [0.25, 0.3) is 0 Å². The molecular weight excluding hydrogens is 276 g/mol. The van der Waals surface area contributed by atoms with Crippen LogP contribution in [0.1, 0.15) is 73.6 Å². The molecule has 0 aromatic carbocycles. The van der Waals surface area contributed by atoms with Gasteiger partial charge in [0.2, 0.25) is 0 Å². The van der Waals surface area contributed by atoms with Crippen molar-refractivity contribution in [1.82, 2.24) is 10.6 Å². The molecule has 1 saturated carbocycles. The maximum Gasteiger partial charge on any atom is 0.407 e. The smallest absolute Gasteiger partial charge is 0.407 e. The zero-order valence-electron chi connectivity index (χ0n) is 15.4. The van der Waals surface area contributed by atoms with Crippen LogP contribution >= 0.6 is 0 Å². The summed E-state index contributed by atoms with van der Waals surface area (Å²) in [4.78, 5) is 11.8. The predicted molar refractivity (Wildman–Crippen MR) is 92.0 cm³/mol. The largest absolute Gasteiger partial charge is 0.444 e. The van der Waals surface area contributed by atoms with Gasteiger partial charge in [0, 0.05) is 18.6 Å². The van der Waals surface area contributed by atoms with Crippen LogP contribution in [-0.2, 0) is 4.74 Å². The van der Waals surface area contributed by atoms with Crippen molar-refractivity contribution in [2.45, 2.75) is 91.3 Å². The zero-order valence-corrected chi connectivity index (χ0v) is 15.4. The van der Waals surface area contributed by atoms with E-state index in [0.29, 0.717) is 30.5 Å². The van der Waals surface area contributed by atoms with Crippen LogP contribution in [0.2, 0.25) is 0 Å². The topological polar surface area (TPSA) is 50.4 Å². The van der Waals surface area contributed by atoms with E-state index in [9.17, 15) is 4.79 Å². The summed E-state index contributed by atoms with van der Waals surface area (Å²) in [7, 11) is 0. The summed E-state index contributed by atoms with van der Waals surface area (Å²) < 4.78 is 5.33. The standard InChI is InChI=1S/C18H36N2O2/c1-13(2)11-14(3)20-16-10-8-7-9-15(16)12-19-17(21)22-18(4,5)6/h13-16,20H,7-12H2,1-6H3,(H,19,21). The Balaban J connectivity index is 2.43. The van der Waals surface area contributed by atoms with Crippen LogP contribution in [0.15, 0.2) is 0 Å². The molecule has 4 nitrogen and oxygen atoms in total. The zero-order chi connectivity index (χ0) is 16.8. The summed E-state index contributed by atoms with van der Waals surface area (Å²) in [6.07, 6.45) is 5.84. The number of amides is 1. The first kappa shape index (κ1) is 19.3. The molecule has 3 unspecified atom stereocenters. The molecular formula is C18H36N2O2. The first-order valence-corrected chi connectivity index (χ1v) is 8.90. The Morgan fingerprint density at radius 3 is 2.41 bits per heavy atom. The van der Waals surface area contributed by atoms with E-state index in [2.05, 4.69) is 31.4 Å². The quantitative estimate of drug-likeness (QED) is 0.776. The minimum atomic E-state index is -0.430. The molecule has 1 aliphatic rings. The van der Waals surface area contributed by atoms with Crippen LogP contribution in [0, 0.1) is 11.8 Å². The normalized spacial score (nSPS) is 24.1. The molecule has 1 fully saturated rings. The molecule has 1 amide bonds. The van der Waals surface area contributed by atoms with Crippen LogP contribution in [0.4, 0.5) is 4.79 Å². The fourth-order valence-corrected chi connectivity index (χ4v) is 3.34. The Morgan fingerprint density at radius 2 is 1.82 bits per heavy atom. The summed E-state index contributed by atoms with van der Waals surface area (Å²) in [5.41, 5.74) is -0.430. The van der Waals surface area contributed by atoms with Crippen molar-refractivity contribution in [2.24, 2.45) is 11.8 Å². The molecule has 0 aliphatic heterocycles. The minimum absolute atomic E-state index is 0.299. The molecule has 2 N–H and O–H groups in total. The molecule has 0 saturated heterocycles. The molecule has 0 spiro atoms. The van der Waals surface area contributed by atoms with E-state index in [1.54, 1.807) is 0 Å². The van der Waals surface area contributed by atoms with Crippen LogP contribution in [0.5, 0.6) is 0 Å². The second kappa shape index (κ2) is 8.76. The van der Waals surface area contributed by atoms with Crippen molar-refractivity contribution in [2.75, 3.05) is 6.54 Å². The molecule has 0 radical (unpaired) electrons. The number of nitrogens with one attached hydrogen (secondary N) is 2. The van der Waals surface area contributed by atoms with Gasteiger partial charge in [-0.15, -0.1) is 0 Å². The van der Waals surface area contributed by atoms with E-state index in [1.165, 1.54) is 32.1 Å². The third kappa shape index (κ3) is 8.02. The van der Waals surface area contributed by atoms with Gasteiger partial charge >= 0.3 is 6.09 Å². The molecule has 3 atom stereocenters. The Bertz CT molecular complexity index is 336. The first-order chi connectivity index (χ1) is 10.2. The number of carbonyl (C=O) groups is 1. The van der Waals surface area contributed by atoms with E-state index in [-0.39, 0.29) is 6.09 Å². The average molecular weight is 312 g/mol. The van der Waals surface area contributed by atoms with Gasteiger partial charge in [0.15, 0.2) is 0 Å². The number of hydrogen-bond acceptors (Lipinski definition) is 3. The van der Waals surface area contributed by atoms with Crippen molar-refractivity contribution < 1.29 is 9.53 Å². The summed E-state index contributed by atoms with van der Waals surface area (Å²) in [5.74, 6) is 1.22. The fourth-order valence-electron chi connectivity index (χ4n) is 3.34. The van der Waals surface area contributed by atoms with Crippen LogP contribution in [0.3, 0.4) is 0 Å². The minimum Gasteiger partial charge on any atom is -0.444 e. The van der Waals surface area contributed by atoms with Gasteiger partial charge in [-0.3, -0.25) is 0 Å². The Morgan fingerprint density at radius 1 is 1.18 bits per heavy atom. The van der Waals surface area contributed by atoms with Crippen molar-refractivity contribution in [3.63, 3.8) is 0 Å². The van der Waals surface area contributed by atoms with E-state index in [1.807, 2.05) is 20.8 Å². The highest BCUT2D eigenvalue weighted by Crippen LogP contribution is 2.25. The monoisotopic (exact) mass is 312 g/mol. The van der Waals surface area contributed by atoms with Gasteiger partial charge in [-0.1, -0.05) is 26.7 Å². The second-order valence-corrected chi connectivity index (χ2v) is 8.23. The average Bonchev–Trinajstić information content (AvgIpc) is 2.34. The highest BCUT2D eigenvalue weighted by molar-refractivity contribution is 5.67. The predicted octanol–water partition coefficient (Wildman–Crippen LogP) is 4.09. The van der Waals surface area contributed by atoms with Gasteiger partial charge < -0.3 is 15.4 Å². The van der Waals surface area contributed by atoms with Gasteiger partial charge in [-0.05, 0) is 58.8 Å². The molecule has 0 aromatic heterocycles. The lowest BCUT2D eigenvalue weighted by molar-refractivity contribution is 0.0510. The van der Waals surface area contributed by atoms with Gasteiger partial charge in [0.05, 0.1) is 0 Å². The number of hydrogen-bond donors (Lipinski definition) is 2. The van der Waals surface area contributed by atoms with Gasteiger partial charge in [-0.25, -0.2) is 4.79 Å². The molecule has 0 aromatic rings. The molecule has 4 heteroatoms. The summed E-state index contributed by atoms with van der Waals surface area (Å²) in [6, 6.07) is 1.05. The molecule has 22 heavy (non-hydrogen) atoms. The SMILES string of the molecule is CC(C)CC(C)NC1CCCCC1CNC(=O)OC(C)(C)C. The highest BCUT2D eigenvalue weighted by Gasteiger charge is 2.27. The Kier molecular flexibility index (Phi) is 7.67. The van der Waals surface area contributed by atoms with Crippen LogP contribution < -0.4 is 10.6 Å². The Hall–Kier alpha value is -0.770. The molecule has 1 rings (SSSR count). The van der Waals surface area contributed by atoms with Crippen molar-refractivity contribution >= 4 is 6.09 Å². The first-order valence-electron chi connectivity index (χ1n) is 8.90. The maximum atomic E-state index is 11.8. The third-order valence-corrected chi connectivity index (χ3v) is 4.14. The van der Waals surface area contributed by atoms with E-state index < -0.39 is 5.60 Å². The number of rotatable bonds is 6. The maximum absolute atomic E-state index is 11.8. The lowest BCUT2D eigenvalue weighted by Gasteiger charge is -2.35. The number of carbonyl (C=O) groups excluding carboxylic acids is 1. The summed E-state index contributed by atoms with van der Waals surface area (Å²) in [6.45, 7) is 13.2. The van der Waals surface area contributed by atoms with Crippen molar-refractivity contribution in [3.05, 3.63) is 0 Å². The lowest BCUT2D eigenvalue weighted by atomic mass is 9.83.